The van der Waals surface area contributed by atoms with E-state index in [4.69, 9.17) is 11.6 Å². The van der Waals surface area contributed by atoms with Crippen LogP contribution in [0.15, 0.2) is 24.3 Å². The van der Waals surface area contributed by atoms with Crippen LogP contribution < -0.4 is 5.32 Å². The number of aromatic nitrogens is 4. The molecule has 2 aromatic rings. The molecule has 1 N–H and O–H groups in total. The van der Waals surface area contributed by atoms with E-state index in [-0.39, 0.29) is 12.5 Å². The molecular weight excluding hydrogens is 332 g/mol. The quantitative estimate of drug-likeness (QED) is 0.830. The van der Waals surface area contributed by atoms with Crippen LogP contribution in [0.25, 0.3) is 0 Å². The maximum atomic E-state index is 12.9. The number of benzene rings is 1. The smallest absolute Gasteiger partial charge is 0.319 e. The van der Waals surface area contributed by atoms with Crippen LogP contribution in [0.4, 0.5) is 4.79 Å². The van der Waals surface area contributed by atoms with E-state index in [9.17, 15) is 9.59 Å². The minimum Gasteiger partial charge on any atom is -0.319 e. The van der Waals surface area contributed by atoms with E-state index in [0.717, 1.165) is 11.3 Å². The molecule has 1 atom stereocenters. The summed E-state index contributed by atoms with van der Waals surface area (Å²) in [6.45, 7) is 4.30. The van der Waals surface area contributed by atoms with Crippen molar-refractivity contribution in [3.8, 4) is 0 Å². The summed E-state index contributed by atoms with van der Waals surface area (Å²) in [6.07, 6.45) is 0.846. The summed E-state index contributed by atoms with van der Waals surface area (Å²) in [5.41, 5.74) is -0.533. The van der Waals surface area contributed by atoms with Gasteiger partial charge in [-0.05, 0) is 41.5 Å². The number of nitrogens with zero attached hydrogens (tertiary/aromatic N) is 5. The fourth-order valence-electron chi connectivity index (χ4n) is 2.70. The summed E-state index contributed by atoms with van der Waals surface area (Å²) in [6, 6.07) is 6.41. The predicted octanol–water partition coefficient (Wildman–Crippen LogP) is 1.70. The molecule has 24 heavy (non-hydrogen) atoms. The number of halogens is 1. The second kappa shape index (κ2) is 6.20. The first-order chi connectivity index (χ1) is 11.5. The van der Waals surface area contributed by atoms with E-state index < -0.39 is 11.6 Å². The summed E-state index contributed by atoms with van der Waals surface area (Å²) in [5, 5.41) is 14.6. The van der Waals surface area contributed by atoms with Gasteiger partial charge in [0.1, 0.15) is 5.54 Å². The lowest BCUT2D eigenvalue weighted by atomic mass is 9.92. The van der Waals surface area contributed by atoms with Gasteiger partial charge in [-0.15, -0.1) is 5.10 Å². The van der Waals surface area contributed by atoms with Crippen LogP contribution in [-0.4, -0.2) is 37.0 Å². The summed E-state index contributed by atoms with van der Waals surface area (Å²) in [5.74, 6) is 0.108. The molecule has 0 saturated carbocycles. The SMILES string of the molecule is CCCn1nnnc1CN1C(=O)N[C@@](C)(c2cccc(Cl)c2)C1=O. The van der Waals surface area contributed by atoms with Gasteiger partial charge in [0, 0.05) is 11.6 Å². The largest absolute Gasteiger partial charge is 0.325 e. The van der Waals surface area contributed by atoms with Crippen molar-refractivity contribution in [3.63, 3.8) is 0 Å². The molecule has 0 aliphatic carbocycles. The summed E-state index contributed by atoms with van der Waals surface area (Å²) < 4.78 is 1.59. The number of hydrogen-bond acceptors (Lipinski definition) is 5. The Labute approximate surface area is 143 Å². The highest BCUT2D eigenvalue weighted by Crippen LogP contribution is 2.30. The van der Waals surface area contributed by atoms with Crippen molar-refractivity contribution in [3.05, 3.63) is 40.7 Å². The summed E-state index contributed by atoms with van der Waals surface area (Å²) >= 11 is 6.01. The third-order valence-corrected chi connectivity index (χ3v) is 4.25. The van der Waals surface area contributed by atoms with Crippen molar-refractivity contribution in [1.82, 2.24) is 30.4 Å². The third kappa shape index (κ3) is 2.73. The molecule has 0 spiro atoms. The van der Waals surface area contributed by atoms with Crippen LogP contribution >= 0.6 is 11.6 Å². The monoisotopic (exact) mass is 348 g/mol. The van der Waals surface area contributed by atoms with Gasteiger partial charge in [-0.1, -0.05) is 30.7 Å². The van der Waals surface area contributed by atoms with Crippen molar-refractivity contribution in [1.29, 1.82) is 0 Å². The highest BCUT2D eigenvalue weighted by molar-refractivity contribution is 6.30. The Balaban J connectivity index is 1.88. The zero-order chi connectivity index (χ0) is 17.3. The highest BCUT2D eigenvalue weighted by Gasteiger charge is 2.49. The number of rotatable bonds is 5. The van der Waals surface area contributed by atoms with Crippen molar-refractivity contribution in [2.24, 2.45) is 0 Å². The number of nitrogens with one attached hydrogen (secondary N) is 1. The number of amides is 3. The second-order valence-corrected chi connectivity index (χ2v) is 6.21. The molecule has 1 saturated heterocycles. The van der Waals surface area contributed by atoms with Crippen LogP contribution in [-0.2, 0) is 23.4 Å². The van der Waals surface area contributed by atoms with E-state index in [1.807, 2.05) is 6.92 Å². The standard InChI is InChI=1S/C15H17ClN6O2/c1-3-7-22-12(18-19-20-22)9-21-13(23)15(2,17-14(21)24)10-5-4-6-11(16)8-10/h4-6,8H,3,7,9H2,1-2H3,(H,17,24)/t15-/m0/s1. The zero-order valence-electron chi connectivity index (χ0n) is 13.4. The zero-order valence-corrected chi connectivity index (χ0v) is 14.1. The number of carbonyl (C=O) groups is 2. The molecule has 3 amide bonds. The minimum absolute atomic E-state index is 0.0216. The van der Waals surface area contributed by atoms with Gasteiger partial charge >= 0.3 is 6.03 Å². The molecule has 8 nitrogen and oxygen atoms in total. The number of hydrogen-bond donors (Lipinski definition) is 1. The maximum absolute atomic E-state index is 12.9. The molecule has 0 radical (unpaired) electrons. The van der Waals surface area contributed by atoms with E-state index >= 15 is 0 Å². The molecule has 3 rings (SSSR count). The van der Waals surface area contributed by atoms with Crippen LogP contribution in [0, 0.1) is 0 Å². The van der Waals surface area contributed by atoms with Crippen LogP contribution in [0.1, 0.15) is 31.7 Å². The van der Waals surface area contributed by atoms with Crippen molar-refractivity contribution >= 4 is 23.5 Å². The molecule has 0 bridgehead atoms. The lowest BCUT2D eigenvalue weighted by Crippen LogP contribution is -2.40. The van der Waals surface area contributed by atoms with E-state index in [2.05, 4.69) is 20.8 Å². The minimum atomic E-state index is -1.16. The van der Waals surface area contributed by atoms with Crippen molar-refractivity contribution in [2.75, 3.05) is 0 Å². The van der Waals surface area contributed by atoms with Crippen LogP contribution in [0.5, 0.6) is 0 Å². The number of tetrazole rings is 1. The number of imide groups is 1. The molecule has 1 aromatic carbocycles. The van der Waals surface area contributed by atoms with Gasteiger partial charge in [0.15, 0.2) is 5.82 Å². The molecular formula is C15H17ClN6O2. The molecule has 0 unspecified atom stereocenters. The van der Waals surface area contributed by atoms with Gasteiger partial charge in [0.2, 0.25) is 0 Å². The van der Waals surface area contributed by atoms with Gasteiger partial charge in [0.25, 0.3) is 5.91 Å². The van der Waals surface area contributed by atoms with E-state index in [1.165, 1.54) is 0 Å². The Morgan fingerprint density at radius 2 is 2.12 bits per heavy atom. The first-order valence-corrected chi connectivity index (χ1v) is 7.98. The fraction of sp³-hybridized carbons (Fsp3) is 0.400. The van der Waals surface area contributed by atoms with Gasteiger partial charge in [-0.3, -0.25) is 9.69 Å². The fourth-order valence-corrected chi connectivity index (χ4v) is 2.89. The van der Waals surface area contributed by atoms with Crippen LogP contribution in [0.2, 0.25) is 5.02 Å². The number of aryl methyl sites for hydroxylation is 1. The molecule has 1 aliphatic rings. The third-order valence-electron chi connectivity index (χ3n) is 4.02. The maximum Gasteiger partial charge on any atom is 0.325 e. The van der Waals surface area contributed by atoms with E-state index in [0.29, 0.717) is 23.0 Å². The second-order valence-electron chi connectivity index (χ2n) is 5.78. The van der Waals surface area contributed by atoms with Gasteiger partial charge in [0.05, 0.1) is 6.54 Å². The number of urea groups is 1. The molecule has 1 fully saturated rings. The molecule has 2 heterocycles. The van der Waals surface area contributed by atoms with Crippen molar-refractivity contribution < 1.29 is 9.59 Å². The average Bonchev–Trinajstić information content (AvgIpc) is 3.07. The lowest BCUT2D eigenvalue weighted by molar-refractivity contribution is -0.131. The summed E-state index contributed by atoms with van der Waals surface area (Å²) in [4.78, 5) is 26.3. The Morgan fingerprint density at radius 1 is 1.33 bits per heavy atom. The Hall–Kier alpha value is -2.48. The molecule has 1 aromatic heterocycles. The molecule has 126 valence electrons. The van der Waals surface area contributed by atoms with Gasteiger partial charge in [-0.25, -0.2) is 9.48 Å². The molecule has 1 aliphatic heterocycles. The normalized spacial score (nSPS) is 20.5. The Kier molecular flexibility index (Phi) is 4.23. The predicted molar refractivity (Wildman–Crippen MR) is 86.0 cm³/mol. The van der Waals surface area contributed by atoms with Crippen molar-refractivity contribution in [2.45, 2.75) is 38.9 Å². The van der Waals surface area contributed by atoms with Gasteiger partial charge in [-0.2, -0.15) is 0 Å². The summed E-state index contributed by atoms with van der Waals surface area (Å²) in [7, 11) is 0. The Morgan fingerprint density at radius 3 is 2.83 bits per heavy atom. The average molecular weight is 349 g/mol. The first kappa shape index (κ1) is 16.4. The number of carbonyl (C=O) groups excluding carboxylic acids is 2. The topological polar surface area (TPSA) is 93.0 Å². The Bertz CT molecular complexity index is 792. The lowest BCUT2D eigenvalue weighted by Gasteiger charge is -2.22. The molecule has 9 heteroatoms. The van der Waals surface area contributed by atoms with E-state index in [1.54, 1.807) is 35.9 Å². The van der Waals surface area contributed by atoms with Gasteiger partial charge < -0.3 is 5.32 Å². The first-order valence-electron chi connectivity index (χ1n) is 7.61. The van der Waals surface area contributed by atoms with Crippen LogP contribution in [0.3, 0.4) is 0 Å². The highest BCUT2D eigenvalue weighted by atomic mass is 35.5.